The van der Waals surface area contributed by atoms with Crippen molar-refractivity contribution in [3.63, 3.8) is 0 Å². The smallest absolute Gasteiger partial charge is 0.237 e. The zero-order chi connectivity index (χ0) is 21.8. The number of thioether (sulfide) groups is 1. The minimum atomic E-state index is -0.0486. The largest absolute Gasteiger partial charge is 0.311 e. The molecule has 158 valence electrons. The fourth-order valence-electron chi connectivity index (χ4n) is 3.39. The van der Waals surface area contributed by atoms with Gasteiger partial charge in [0.25, 0.3) is 0 Å². The molecule has 7 heteroatoms. The lowest BCUT2D eigenvalue weighted by Gasteiger charge is -2.22. The van der Waals surface area contributed by atoms with Gasteiger partial charge in [-0.2, -0.15) is 5.26 Å². The Bertz CT molecular complexity index is 1110. The molecule has 3 aromatic rings. The standard InChI is InChI=1S/C24H25N5OS/c1-17-9-12-21(15-18(17)2)28(14-6-13-25)22(30)16-31-24-26-23(19-10-11-19)29(27-24)20-7-4-3-5-8-20/h3-5,7-9,12,15,19H,6,10-11,14,16H2,1-2H3. The first-order valence-corrected chi connectivity index (χ1v) is 11.4. The normalized spacial score (nSPS) is 13.1. The van der Waals surface area contributed by atoms with Crippen LogP contribution in [0.4, 0.5) is 5.69 Å². The Hall–Kier alpha value is -3.11. The van der Waals surface area contributed by atoms with E-state index in [9.17, 15) is 4.79 Å². The van der Waals surface area contributed by atoms with E-state index < -0.39 is 0 Å². The van der Waals surface area contributed by atoms with Gasteiger partial charge in [-0.25, -0.2) is 9.67 Å². The summed E-state index contributed by atoms with van der Waals surface area (Å²) < 4.78 is 1.90. The number of rotatable bonds is 8. The lowest BCUT2D eigenvalue weighted by molar-refractivity contribution is -0.116. The van der Waals surface area contributed by atoms with Crippen LogP contribution >= 0.6 is 11.8 Å². The predicted octanol–water partition coefficient (Wildman–Crippen LogP) is 4.80. The van der Waals surface area contributed by atoms with Crippen LogP contribution in [-0.2, 0) is 4.79 Å². The number of benzene rings is 2. The summed E-state index contributed by atoms with van der Waals surface area (Å²) in [6.45, 7) is 4.44. The molecule has 0 atom stereocenters. The van der Waals surface area contributed by atoms with E-state index in [1.165, 1.54) is 17.3 Å². The fraction of sp³-hybridized carbons (Fsp3) is 0.333. The Morgan fingerprint density at radius 1 is 1.19 bits per heavy atom. The molecule has 6 nitrogen and oxygen atoms in total. The number of para-hydroxylation sites is 1. The highest BCUT2D eigenvalue weighted by molar-refractivity contribution is 7.99. The highest BCUT2D eigenvalue weighted by Gasteiger charge is 2.30. The van der Waals surface area contributed by atoms with Crippen LogP contribution in [-0.4, -0.2) is 33.0 Å². The Balaban J connectivity index is 1.51. The summed E-state index contributed by atoms with van der Waals surface area (Å²) in [6, 6.07) is 18.1. The molecule has 2 aromatic carbocycles. The molecule has 0 bridgehead atoms. The Morgan fingerprint density at radius 2 is 1.97 bits per heavy atom. The van der Waals surface area contributed by atoms with E-state index in [2.05, 4.69) is 11.2 Å². The number of carbonyl (C=O) groups is 1. The average molecular weight is 432 g/mol. The van der Waals surface area contributed by atoms with Crippen LogP contribution in [0.15, 0.2) is 53.7 Å². The molecule has 1 saturated carbocycles. The van der Waals surface area contributed by atoms with Crippen molar-refractivity contribution in [2.24, 2.45) is 0 Å². The van der Waals surface area contributed by atoms with Gasteiger partial charge in [-0.05, 0) is 62.1 Å². The first kappa shape index (κ1) is 21.1. The highest BCUT2D eigenvalue weighted by atomic mass is 32.2. The maximum atomic E-state index is 13.1. The van der Waals surface area contributed by atoms with E-state index in [1.807, 2.05) is 67.1 Å². The molecule has 0 spiro atoms. The molecule has 4 rings (SSSR count). The first-order valence-electron chi connectivity index (χ1n) is 10.5. The van der Waals surface area contributed by atoms with Gasteiger partial charge >= 0.3 is 0 Å². The van der Waals surface area contributed by atoms with Crippen molar-refractivity contribution in [1.82, 2.24) is 14.8 Å². The van der Waals surface area contributed by atoms with Gasteiger partial charge in [0, 0.05) is 18.2 Å². The van der Waals surface area contributed by atoms with Gasteiger partial charge in [0.05, 0.1) is 23.9 Å². The van der Waals surface area contributed by atoms with E-state index in [4.69, 9.17) is 10.2 Å². The topological polar surface area (TPSA) is 74.8 Å². The number of aromatic nitrogens is 3. The van der Waals surface area contributed by atoms with Gasteiger partial charge in [-0.3, -0.25) is 4.79 Å². The van der Waals surface area contributed by atoms with Crippen molar-refractivity contribution in [3.05, 3.63) is 65.5 Å². The molecule has 1 heterocycles. The maximum absolute atomic E-state index is 13.1. The molecule has 1 fully saturated rings. The minimum Gasteiger partial charge on any atom is -0.311 e. The minimum absolute atomic E-state index is 0.0486. The molecule has 0 unspecified atom stereocenters. The molecule has 1 amide bonds. The lowest BCUT2D eigenvalue weighted by Crippen LogP contribution is -2.33. The van der Waals surface area contributed by atoms with Crippen LogP contribution in [0.25, 0.3) is 5.69 Å². The highest BCUT2D eigenvalue weighted by Crippen LogP contribution is 2.40. The SMILES string of the molecule is Cc1ccc(N(CCC#N)C(=O)CSc2nc(C3CC3)n(-c3ccccc3)n2)cc1C. The number of anilines is 1. The second-order valence-electron chi connectivity index (χ2n) is 7.78. The van der Waals surface area contributed by atoms with Crippen molar-refractivity contribution >= 4 is 23.4 Å². The zero-order valence-corrected chi connectivity index (χ0v) is 18.6. The second-order valence-corrected chi connectivity index (χ2v) is 8.73. The average Bonchev–Trinajstić information content (AvgIpc) is 3.54. The zero-order valence-electron chi connectivity index (χ0n) is 17.8. The van der Waals surface area contributed by atoms with Crippen molar-refractivity contribution in [2.45, 2.75) is 44.2 Å². The summed E-state index contributed by atoms with van der Waals surface area (Å²) in [5.74, 6) is 1.59. The summed E-state index contributed by atoms with van der Waals surface area (Å²) >= 11 is 1.35. The molecule has 31 heavy (non-hydrogen) atoms. The third-order valence-electron chi connectivity index (χ3n) is 5.43. The summed E-state index contributed by atoms with van der Waals surface area (Å²) in [6.07, 6.45) is 2.54. The fourth-order valence-corrected chi connectivity index (χ4v) is 4.09. The maximum Gasteiger partial charge on any atom is 0.237 e. The Kier molecular flexibility index (Phi) is 6.38. The van der Waals surface area contributed by atoms with Crippen molar-refractivity contribution < 1.29 is 4.79 Å². The third-order valence-corrected chi connectivity index (χ3v) is 6.25. The van der Waals surface area contributed by atoms with Gasteiger partial charge in [0.15, 0.2) is 0 Å². The predicted molar refractivity (Wildman–Crippen MR) is 123 cm³/mol. The number of hydrogen-bond donors (Lipinski definition) is 0. The van der Waals surface area contributed by atoms with E-state index in [0.717, 1.165) is 35.6 Å². The molecular weight excluding hydrogens is 406 g/mol. The Morgan fingerprint density at radius 3 is 2.65 bits per heavy atom. The van der Waals surface area contributed by atoms with Crippen LogP contribution in [0.1, 0.15) is 42.1 Å². The van der Waals surface area contributed by atoms with Crippen molar-refractivity contribution in [1.29, 1.82) is 5.26 Å². The van der Waals surface area contributed by atoms with Crippen molar-refractivity contribution in [2.75, 3.05) is 17.2 Å². The van der Waals surface area contributed by atoms with Gasteiger partial charge < -0.3 is 4.90 Å². The van der Waals surface area contributed by atoms with E-state index >= 15 is 0 Å². The number of carbonyl (C=O) groups excluding carboxylic acids is 1. The van der Waals surface area contributed by atoms with Crippen molar-refractivity contribution in [3.8, 4) is 11.8 Å². The number of hydrogen-bond acceptors (Lipinski definition) is 5. The molecule has 0 aliphatic heterocycles. The molecule has 0 saturated heterocycles. The van der Waals surface area contributed by atoms with E-state index in [-0.39, 0.29) is 18.1 Å². The molecule has 1 aliphatic carbocycles. The van der Waals surface area contributed by atoms with Gasteiger partial charge in [0.1, 0.15) is 5.82 Å². The van der Waals surface area contributed by atoms with Crippen LogP contribution in [0.2, 0.25) is 0 Å². The third kappa shape index (κ3) is 4.97. The number of nitrogens with zero attached hydrogens (tertiary/aromatic N) is 5. The molecule has 0 N–H and O–H groups in total. The van der Waals surface area contributed by atoms with Gasteiger partial charge in [-0.15, -0.1) is 5.10 Å². The summed E-state index contributed by atoms with van der Waals surface area (Å²) in [5, 5.41) is 14.3. The number of nitriles is 1. The molecule has 0 radical (unpaired) electrons. The van der Waals surface area contributed by atoms with Crippen LogP contribution in [0, 0.1) is 25.2 Å². The van der Waals surface area contributed by atoms with Crippen LogP contribution < -0.4 is 4.90 Å². The monoisotopic (exact) mass is 431 g/mol. The summed E-state index contributed by atoms with van der Waals surface area (Å²) in [5.41, 5.74) is 4.11. The summed E-state index contributed by atoms with van der Waals surface area (Å²) in [4.78, 5) is 19.5. The number of amides is 1. The number of aryl methyl sites for hydroxylation is 2. The van der Waals surface area contributed by atoms with Crippen LogP contribution in [0.3, 0.4) is 0 Å². The van der Waals surface area contributed by atoms with E-state index in [1.54, 1.807) is 4.90 Å². The van der Waals surface area contributed by atoms with E-state index in [0.29, 0.717) is 17.6 Å². The molecule has 1 aromatic heterocycles. The first-order chi connectivity index (χ1) is 15.1. The van der Waals surface area contributed by atoms with Gasteiger partial charge in [0.2, 0.25) is 11.1 Å². The van der Waals surface area contributed by atoms with Crippen LogP contribution in [0.5, 0.6) is 0 Å². The summed E-state index contributed by atoms with van der Waals surface area (Å²) in [7, 11) is 0. The lowest BCUT2D eigenvalue weighted by atomic mass is 10.1. The molecular formula is C24H25N5OS. The quantitative estimate of drug-likeness (QED) is 0.479. The molecule has 1 aliphatic rings. The Labute approximate surface area is 186 Å². The van der Waals surface area contributed by atoms with Gasteiger partial charge in [-0.1, -0.05) is 36.0 Å². The second kappa shape index (κ2) is 9.36.